The number of halogens is 2. The molecule has 0 aliphatic carbocycles. The Morgan fingerprint density at radius 1 is 1.20 bits per heavy atom. The van der Waals surface area contributed by atoms with Gasteiger partial charge in [0.2, 0.25) is 0 Å². The van der Waals surface area contributed by atoms with E-state index < -0.39 is 29.4 Å². The largest absolute Gasteiger partial charge is 0.490 e. The summed E-state index contributed by atoms with van der Waals surface area (Å²) in [6, 6.07) is 11.5. The molecule has 1 amide bonds. The van der Waals surface area contributed by atoms with Crippen LogP contribution >= 0.6 is 0 Å². The Labute approximate surface area is 252 Å². The third kappa shape index (κ3) is 5.96. The Kier molecular flexibility index (Phi) is 8.34. The van der Waals surface area contributed by atoms with Crippen molar-refractivity contribution in [1.82, 2.24) is 19.9 Å². The maximum Gasteiger partial charge on any atom is 0.381 e. The Morgan fingerprint density at radius 3 is 2.59 bits per heavy atom. The Bertz CT molecular complexity index is 1810. The minimum Gasteiger partial charge on any atom is -0.490 e. The molecule has 1 N–H and O–H groups in total. The van der Waals surface area contributed by atoms with E-state index in [1.807, 2.05) is 6.07 Å². The van der Waals surface area contributed by atoms with E-state index in [0.29, 0.717) is 41.7 Å². The van der Waals surface area contributed by atoms with Gasteiger partial charge in [-0.3, -0.25) is 9.74 Å². The number of ether oxygens (including phenoxy) is 2. The smallest absolute Gasteiger partial charge is 0.381 e. The molecule has 12 heteroatoms. The molecule has 0 saturated carbocycles. The summed E-state index contributed by atoms with van der Waals surface area (Å²) in [5, 5.41) is 16.3. The molecule has 0 unspecified atom stereocenters. The predicted octanol–water partition coefficient (Wildman–Crippen LogP) is 5.56. The summed E-state index contributed by atoms with van der Waals surface area (Å²) >= 11 is 0. The van der Waals surface area contributed by atoms with Crippen LogP contribution < -0.4 is 10.1 Å². The number of aryl methyl sites for hydroxylation is 1. The van der Waals surface area contributed by atoms with Crippen molar-refractivity contribution in [2.75, 3.05) is 6.61 Å². The monoisotopic (exact) mass is 603 g/mol. The summed E-state index contributed by atoms with van der Waals surface area (Å²) in [7, 11) is 0. The van der Waals surface area contributed by atoms with Crippen LogP contribution in [0.5, 0.6) is 5.75 Å². The standard InChI is InChI=1S/C32H31F2N5O5/c1-17-21-7-6-12-42-28(21)23(33)13-22(17)27-26(29(31(41)44-34)43-32(3,4)5)18(2)37-25-14-24(38-39(25)27)30(40)36-16-20-10-8-19(15-35)9-11-20/h8-11,13-14,29H,6-7,12,16H2,1-5H3,(H,36,40)/t29-/m0/s1. The molecule has 1 atom stereocenters. The third-order valence-corrected chi connectivity index (χ3v) is 7.31. The lowest BCUT2D eigenvalue weighted by Gasteiger charge is -2.28. The maximum atomic E-state index is 15.5. The van der Waals surface area contributed by atoms with Gasteiger partial charge in [-0.1, -0.05) is 12.1 Å². The molecular weight excluding hydrogens is 572 g/mol. The Balaban J connectivity index is 1.69. The van der Waals surface area contributed by atoms with E-state index in [4.69, 9.17) is 14.7 Å². The minimum absolute atomic E-state index is 0.00437. The first-order valence-corrected chi connectivity index (χ1v) is 14.0. The molecule has 4 aromatic rings. The SMILES string of the molecule is Cc1nc2cc(C(=O)NCc3ccc(C#N)cc3)nn2c(-c2cc(F)c3c(c2C)CCCO3)c1[C@H](OC(C)(C)C)C(=O)OF. The van der Waals surface area contributed by atoms with Crippen molar-refractivity contribution in [2.45, 2.75) is 65.7 Å². The fourth-order valence-electron chi connectivity index (χ4n) is 5.31. The highest BCUT2D eigenvalue weighted by Gasteiger charge is 2.36. The molecule has 228 valence electrons. The number of fused-ring (bicyclic) bond motifs is 2. The Morgan fingerprint density at radius 2 is 1.93 bits per heavy atom. The molecule has 2 aromatic heterocycles. The predicted molar refractivity (Wildman–Crippen MR) is 155 cm³/mol. The van der Waals surface area contributed by atoms with Crippen LogP contribution in [0.15, 0.2) is 36.4 Å². The van der Waals surface area contributed by atoms with E-state index in [2.05, 4.69) is 20.3 Å². The van der Waals surface area contributed by atoms with E-state index in [-0.39, 0.29) is 40.6 Å². The van der Waals surface area contributed by atoms with E-state index in [1.54, 1.807) is 58.9 Å². The topological polar surface area (TPSA) is 128 Å². The highest BCUT2D eigenvalue weighted by molar-refractivity contribution is 5.93. The highest BCUT2D eigenvalue weighted by atomic mass is 19.3. The molecule has 0 spiro atoms. The van der Waals surface area contributed by atoms with Crippen LogP contribution in [0.2, 0.25) is 0 Å². The fraction of sp³-hybridized carbons (Fsp3) is 0.344. The van der Waals surface area contributed by atoms with Gasteiger partial charge < -0.3 is 14.8 Å². The van der Waals surface area contributed by atoms with Crippen LogP contribution in [0.25, 0.3) is 16.9 Å². The number of hydrogen-bond donors (Lipinski definition) is 1. The number of nitrogens with one attached hydrogen (secondary N) is 1. The molecule has 44 heavy (non-hydrogen) atoms. The van der Waals surface area contributed by atoms with E-state index in [0.717, 1.165) is 5.56 Å². The number of carbonyl (C=O) groups is 2. The molecular formula is C32H31F2N5O5. The summed E-state index contributed by atoms with van der Waals surface area (Å²) in [6.45, 7) is 9.04. The van der Waals surface area contributed by atoms with Crippen molar-refractivity contribution in [3.05, 3.63) is 81.4 Å². The molecule has 0 radical (unpaired) electrons. The summed E-state index contributed by atoms with van der Waals surface area (Å²) in [5.74, 6) is -2.28. The highest BCUT2D eigenvalue weighted by Crippen LogP contribution is 2.41. The summed E-state index contributed by atoms with van der Waals surface area (Å²) in [4.78, 5) is 34.3. The van der Waals surface area contributed by atoms with Gasteiger partial charge in [-0.2, -0.15) is 10.4 Å². The zero-order chi connectivity index (χ0) is 31.8. The van der Waals surface area contributed by atoms with Crippen molar-refractivity contribution in [1.29, 1.82) is 5.26 Å². The van der Waals surface area contributed by atoms with Gasteiger partial charge in [0.15, 0.2) is 29.0 Å². The number of rotatable bonds is 7. The van der Waals surface area contributed by atoms with Crippen LogP contribution in [0, 0.1) is 31.0 Å². The first-order chi connectivity index (χ1) is 20.9. The van der Waals surface area contributed by atoms with Gasteiger partial charge in [0.25, 0.3) is 5.91 Å². The van der Waals surface area contributed by atoms with E-state index in [9.17, 15) is 14.1 Å². The maximum absolute atomic E-state index is 15.5. The summed E-state index contributed by atoms with van der Waals surface area (Å²) in [6.07, 6.45) is -0.353. The molecule has 1 aliphatic heterocycles. The van der Waals surface area contributed by atoms with Gasteiger partial charge in [0.05, 0.1) is 29.5 Å². The molecule has 0 fully saturated rings. The molecule has 3 heterocycles. The number of hydrogen-bond acceptors (Lipinski definition) is 8. The zero-order valence-electron chi connectivity index (χ0n) is 25.0. The molecule has 5 rings (SSSR count). The van der Waals surface area contributed by atoms with E-state index in [1.165, 1.54) is 16.6 Å². The van der Waals surface area contributed by atoms with Crippen molar-refractivity contribution in [3.63, 3.8) is 0 Å². The van der Waals surface area contributed by atoms with Crippen molar-refractivity contribution in [3.8, 4) is 23.1 Å². The second-order valence-corrected chi connectivity index (χ2v) is 11.5. The van der Waals surface area contributed by atoms with Gasteiger partial charge in [-0.05, 0) is 76.8 Å². The average Bonchev–Trinajstić information content (AvgIpc) is 3.43. The van der Waals surface area contributed by atoms with Gasteiger partial charge >= 0.3 is 5.97 Å². The summed E-state index contributed by atoms with van der Waals surface area (Å²) in [5.41, 5.74) is 2.83. The molecule has 1 aliphatic rings. The molecule has 2 aromatic carbocycles. The number of nitrogens with zero attached hydrogens (tertiary/aromatic N) is 4. The second-order valence-electron chi connectivity index (χ2n) is 11.5. The number of carbonyl (C=O) groups excluding carboxylic acids is 2. The lowest BCUT2D eigenvalue weighted by Crippen LogP contribution is -2.29. The number of nitriles is 1. The third-order valence-electron chi connectivity index (χ3n) is 7.31. The zero-order valence-corrected chi connectivity index (χ0v) is 25.0. The van der Waals surface area contributed by atoms with Crippen molar-refractivity contribution < 1.29 is 32.9 Å². The average molecular weight is 604 g/mol. The van der Waals surface area contributed by atoms with Crippen LogP contribution in [-0.2, 0) is 27.4 Å². The van der Waals surface area contributed by atoms with Crippen LogP contribution in [0.4, 0.5) is 8.92 Å². The lowest BCUT2D eigenvalue weighted by molar-refractivity contribution is -0.205. The first kappa shape index (κ1) is 30.6. The summed E-state index contributed by atoms with van der Waals surface area (Å²) < 4.78 is 42.0. The number of amides is 1. The lowest BCUT2D eigenvalue weighted by atomic mass is 9.91. The fourth-order valence-corrected chi connectivity index (χ4v) is 5.31. The van der Waals surface area contributed by atoms with Crippen LogP contribution in [-0.4, -0.2) is 38.7 Å². The van der Waals surface area contributed by atoms with Gasteiger partial charge in [0, 0.05) is 39.5 Å². The number of aromatic nitrogens is 3. The Hall–Kier alpha value is -4.89. The first-order valence-electron chi connectivity index (χ1n) is 14.0. The van der Waals surface area contributed by atoms with E-state index >= 15 is 4.39 Å². The van der Waals surface area contributed by atoms with Crippen molar-refractivity contribution >= 4 is 17.5 Å². The molecule has 0 saturated heterocycles. The van der Waals surface area contributed by atoms with Gasteiger partial charge in [-0.15, -0.1) is 0 Å². The van der Waals surface area contributed by atoms with Gasteiger partial charge in [0.1, 0.15) is 0 Å². The normalized spacial score (nSPS) is 13.5. The second kappa shape index (κ2) is 12.0. The molecule has 10 nitrogen and oxygen atoms in total. The van der Waals surface area contributed by atoms with Crippen molar-refractivity contribution in [2.24, 2.45) is 0 Å². The minimum atomic E-state index is -1.60. The van der Waals surface area contributed by atoms with Gasteiger partial charge in [-0.25, -0.2) is 18.7 Å². The van der Waals surface area contributed by atoms with Crippen LogP contribution in [0.1, 0.15) is 77.3 Å². The quantitative estimate of drug-likeness (QED) is 0.291. The molecule has 0 bridgehead atoms. The number of benzene rings is 2. The van der Waals surface area contributed by atoms with Crippen LogP contribution in [0.3, 0.4) is 0 Å².